The number of anilines is 1. The minimum absolute atomic E-state index is 0.00259. The van der Waals surface area contributed by atoms with Crippen molar-refractivity contribution in [2.24, 2.45) is 5.92 Å². The van der Waals surface area contributed by atoms with Crippen molar-refractivity contribution in [2.75, 3.05) is 11.9 Å². The molecule has 1 aliphatic rings. The summed E-state index contributed by atoms with van der Waals surface area (Å²) in [6, 6.07) is 2.23. The summed E-state index contributed by atoms with van der Waals surface area (Å²) in [4.78, 5) is 16.9. The molecule has 1 saturated carbocycles. The van der Waals surface area contributed by atoms with Crippen LogP contribution in [0.4, 0.5) is 5.69 Å². The standard InChI is InChI=1S/C17H27N3O/c1-4-18-16-10-13(3)19-11-14(16)17(21)20-15-9-7-5-6-8-12(15)2/h10-12,15H,4-9H2,1-3H3,(H,18,19)(H,20,21). The zero-order valence-corrected chi connectivity index (χ0v) is 13.4. The van der Waals surface area contributed by atoms with Crippen LogP contribution in [0.2, 0.25) is 0 Å². The Kier molecular flexibility index (Phi) is 5.59. The molecule has 2 unspecified atom stereocenters. The van der Waals surface area contributed by atoms with Gasteiger partial charge in [0.1, 0.15) is 0 Å². The number of aromatic nitrogens is 1. The lowest BCUT2D eigenvalue weighted by Gasteiger charge is -2.23. The Morgan fingerprint density at radius 2 is 2.10 bits per heavy atom. The van der Waals surface area contributed by atoms with Gasteiger partial charge >= 0.3 is 0 Å². The second-order valence-electron chi connectivity index (χ2n) is 6.10. The van der Waals surface area contributed by atoms with E-state index in [1.165, 1.54) is 25.7 Å². The van der Waals surface area contributed by atoms with Gasteiger partial charge in [-0.25, -0.2) is 0 Å². The maximum Gasteiger partial charge on any atom is 0.255 e. The number of pyridine rings is 1. The van der Waals surface area contributed by atoms with Crippen molar-refractivity contribution in [2.45, 2.75) is 58.9 Å². The molecule has 0 saturated heterocycles. The Hall–Kier alpha value is -1.58. The van der Waals surface area contributed by atoms with Gasteiger partial charge < -0.3 is 10.6 Å². The normalized spacial score (nSPS) is 22.4. The average molecular weight is 289 g/mol. The zero-order chi connectivity index (χ0) is 15.2. The van der Waals surface area contributed by atoms with E-state index in [0.29, 0.717) is 11.5 Å². The topological polar surface area (TPSA) is 54.0 Å². The van der Waals surface area contributed by atoms with E-state index >= 15 is 0 Å². The molecule has 1 aliphatic carbocycles. The Morgan fingerprint density at radius 1 is 1.33 bits per heavy atom. The third kappa shape index (κ3) is 4.19. The molecule has 0 aliphatic heterocycles. The SMILES string of the molecule is CCNc1cc(C)ncc1C(=O)NC1CCCCCC1C. The van der Waals surface area contributed by atoms with Crippen LogP contribution in [0.1, 0.15) is 62.0 Å². The van der Waals surface area contributed by atoms with Gasteiger partial charge in [-0.3, -0.25) is 9.78 Å². The molecule has 0 radical (unpaired) electrons. The molecule has 2 atom stereocenters. The molecule has 2 rings (SSSR count). The van der Waals surface area contributed by atoms with E-state index in [0.717, 1.165) is 24.3 Å². The molecule has 116 valence electrons. The first-order valence-corrected chi connectivity index (χ1v) is 8.13. The predicted octanol–water partition coefficient (Wildman–Crippen LogP) is 3.52. The van der Waals surface area contributed by atoms with Gasteiger partial charge in [0, 0.05) is 24.5 Å². The number of amides is 1. The Morgan fingerprint density at radius 3 is 2.86 bits per heavy atom. The number of carbonyl (C=O) groups is 1. The van der Waals surface area contributed by atoms with Gasteiger partial charge in [0.05, 0.1) is 11.3 Å². The number of nitrogens with zero attached hydrogens (tertiary/aromatic N) is 1. The molecule has 1 heterocycles. The van der Waals surface area contributed by atoms with Crippen molar-refractivity contribution < 1.29 is 4.79 Å². The molecule has 1 fully saturated rings. The van der Waals surface area contributed by atoms with E-state index in [-0.39, 0.29) is 11.9 Å². The largest absolute Gasteiger partial charge is 0.385 e. The monoisotopic (exact) mass is 289 g/mol. The van der Waals surface area contributed by atoms with Gasteiger partial charge in [-0.1, -0.05) is 26.2 Å². The molecule has 4 heteroatoms. The number of rotatable bonds is 4. The van der Waals surface area contributed by atoms with Gasteiger partial charge in [-0.15, -0.1) is 0 Å². The maximum atomic E-state index is 12.6. The molecule has 4 nitrogen and oxygen atoms in total. The minimum atomic E-state index is -0.00259. The van der Waals surface area contributed by atoms with E-state index in [1.807, 2.05) is 19.9 Å². The van der Waals surface area contributed by atoms with Crippen LogP contribution in [0.3, 0.4) is 0 Å². The molecular formula is C17H27N3O. The molecule has 0 aromatic carbocycles. The van der Waals surface area contributed by atoms with Crippen LogP contribution >= 0.6 is 0 Å². The summed E-state index contributed by atoms with van der Waals surface area (Å²) in [5, 5.41) is 6.48. The van der Waals surface area contributed by atoms with Crippen LogP contribution in [0.5, 0.6) is 0 Å². The summed E-state index contributed by atoms with van der Waals surface area (Å²) in [6.45, 7) is 7.01. The highest BCUT2D eigenvalue weighted by atomic mass is 16.1. The lowest BCUT2D eigenvalue weighted by atomic mass is 9.96. The molecule has 21 heavy (non-hydrogen) atoms. The van der Waals surface area contributed by atoms with Gasteiger partial charge in [0.25, 0.3) is 5.91 Å². The van der Waals surface area contributed by atoms with Gasteiger partial charge in [-0.05, 0) is 38.7 Å². The van der Waals surface area contributed by atoms with E-state index in [9.17, 15) is 4.79 Å². The van der Waals surface area contributed by atoms with Gasteiger partial charge in [-0.2, -0.15) is 0 Å². The Labute approximate surface area is 127 Å². The molecule has 1 aromatic heterocycles. The summed E-state index contributed by atoms with van der Waals surface area (Å²) in [5.74, 6) is 0.551. The van der Waals surface area contributed by atoms with E-state index in [2.05, 4.69) is 22.5 Å². The van der Waals surface area contributed by atoms with Gasteiger partial charge in [0.2, 0.25) is 0 Å². The molecule has 2 N–H and O–H groups in total. The minimum Gasteiger partial charge on any atom is -0.385 e. The summed E-state index contributed by atoms with van der Waals surface area (Å²) < 4.78 is 0. The molecule has 1 amide bonds. The van der Waals surface area contributed by atoms with Crippen LogP contribution in [-0.4, -0.2) is 23.5 Å². The number of hydrogen-bond donors (Lipinski definition) is 2. The maximum absolute atomic E-state index is 12.6. The first kappa shape index (κ1) is 15.8. The highest BCUT2D eigenvalue weighted by molar-refractivity contribution is 5.99. The number of nitrogens with one attached hydrogen (secondary N) is 2. The molecule has 1 aromatic rings. The third-order valence-electron chi connectivity index (χ3n) is 4.33. The van der Waals surface area contributed by atoms with Crippen molar-refractivity contribution in [3.05, 3.63) is 23.5 Å². The van der Waals surface area contributed by atoms with Crippen molar-refractivity contribution in [3.8, 4) is 0 Å². The molecular weight excluding hydrogens is 262 g/mol. The van der Waals surface area contributed by atoms with E-state index < -0.39 is 0 Å². The van der Waals surface area contributed by atoms with Crippen molar-refractivity contribution in [1.82, 2.24) is 10.3 Å². The summed E-state index contributed by atoms with van der Waals surface area (Å²) in [5.41, 5.74) is 2.45. The fourth-order valence-electron chi connectivity index (χ4n) is 3.03. The lowest BCUT2D eigenvalue weighted by Crippen LogP contribution is -2.39. The van der Waals surface area contributed by atoms with Crippen molar-refractivity contribution in [3.63, 3.8) is 0 Å². The highest BCUT2D eigenvalue weighted by Crippen LogP contribution is 2.24. The number of hydrogen-bond acceptors (Lipinski definition) is 3. The Bertz CT molecular complexity index is 487. The Balaban J connectivity index is 2.12. The third-order valence-corrected chi connectivity index (χ3v) is 4.33. The molecule has 0 bridgehead atoms. The van der Waals surface area contributed by atoms with E-state index in [1.54, 1.807) is 6.20 Å². The zero-order valence-electron chi connectivity index (χ0n) is 13.4. The fraction of sp³-hybridized carbons (Fsp3) is 0.647. The molecule has 0 spiro atoms. The first-order valence-electron chi connectivity index (χ1n) is 8.13. The summed E-state index contributed by atoms with van der Waals surface area (Å²) >= 11 is 0. The second-order valence-corrected chi connectivity index (χ2v) is 6.10. The summed E-state index contributed by atoms with van der Waals surface area (Å²) in [7, 11) is 0. The van der Waals surface area contributed by atoms with Gasteiger partial charge in [0.15, 0.2) is 0 Å². The lowest BCUT2D eigenvalue weighted by molar-refractivity contribution is 0.0922. The smallest absolute Gasteiger partial charge is 0.255 e. The van der Waals surface area contributed by atoms with Crippen LogP contribution < -0.4 is 10.6 Å². The fourth-order valence-corrected chi connectivity index (χ4v) is 3.03. The predicted molar refractivity (Wildman–Crippen MR) is 86.6 cm³/mol. The van der Waals surface area contributed by atoms with Crippen molar-refractivity contribution >= 4 is 11.6 Å². The first-order chi connectivity index (χ1) is 10.1. The van der Waals surface area contributed by atoms with Crippen LogP contribution in [0.15, 0.2) is 12.3 Å². The number of carbonyl (C=O) groups excluding carboxylic acids is 1. The summed E-state index contributed by atoms with van der Waals surface area (Å²) in [6.07, 6.45) is 7.75. The van der Waals surface area contributed by atoms with Crippen LogP contribution in [0.25, 0.3) is 0 Å². The quantitative estimate of drug-likeness (QED) is 0.834. The van der Waals surface area contributed by atoms with Crippen LogP contribution in [-0.2, 0) is 0 Å². The van der Waals surface area contributed by atoms with Crippen molar-refractivity contribution in [1.29, 1.82) is 0 Å². The highest BCUT2D eigenvalue weighted by Gasteiger charge is 2.23. The second kappa shape index (κ2) is 7.43. The number of aryl methyl sites for hydroxylation is 1. The average Bonchev–Trinajstić information content (AvgIpc) is 2.64. The van der Waals surface area contributed by atoms with E-state index in [4.69, 9.17) is 0 Å². The van der Waals surface area contributed by atoms with Crippen LogP contribution in [0, 0.1) is 12.8 Å².